The Kier molecular flexibility index (Phi) is 4.19. The monoisotopic (exact) mass is 385 g/mol. The largest absolute Gasteiger partial charge is 0.399 e. The van der Waals surface area contributed by atoms with Crippen molar-refractivity contribution in [2.45, 2.75) is 10.8 Å². The molecule has 7 nitrogen and oxygen atoms in total. The van der Waals surface area contributed by atoms with Crippen LogP contribution in [-0.4, -0.2) is 23.6 Å². The molecule has 4 N–H and O–H groups in total. The van der Waals surface area contributed by atoms with Crippen LogP contribution in [-0.2, 0) is 16.6 Å². The number of aromatic nitrogens is 3. The van der Waals surface area contributed by atoms with Crippen molar-refractivity contribution in [1.29, 1.82) is 0 Å². The highest BCUT2D eigenvalue weighted by Crippen LogP contribution is 2.31. The molecule has 0 atom stereocenters. The number of H-pyrrole nitrogens is 1. The Morgan fingerprint density at radius 2 is 2.04 bits per heavy atom. The van der Waals surface area contributed by atoms with Crippen LogP contribution in [0.1, 0.15) is 5.69 Å². The van der Waals surface area contributed by atoms with E-state index in [4.69, 9.17) is 5.73 Å². The molecule has 9 heteroatoms. The van der Waals surface area contributed by atoms with Gasteiger partial charge in [0, 0.05) is 22.1 Å². The quantitative estimate of drug-likeness (QED) is 0.457. The Hall–Kier alpha value is -2.75. The van der Waals surface area contributed by atoms with Crippen molar-refractivity contribution < 1.29 is 8.42 Å². The number of sulfonamides is 1. The number of hydrogen-bond acceptors (Lipinski definition) is 6. The molecular formula is C17H15N5O2S2. The van der Waals surface area contributed by atoms with E-state index in [1.165, 1.54) is 11.3 Å². The third kappa shape index (κ3) is 3.19. The predicted molar refractivity (Wildman–Crippen MR) is 102 cm³/mol. The van der Waals surface area contributed by atoms with Gasteiger partial charge in [-0.05, 0) is 42.0 Å². The van der Waals surface area contributed by atoms with E-state index in [2.05, 4.69) is 19.9 Å². The Bertz CT molecular complexity index is 1180. The molecule has 132 valence electrons. The molecule has 0 saturated carbocycles. The number of nitrogen functional groups attached to an aromatic ring is 1. The fraction of sp³-hybridized carbons (Fsp3) is 0.0588. The zero-order valence-corrected chi connectivity index (χ0v) is 15.1. The summed E-state index contributed by atoms with van der Waals surface area (Å²) < 4.78 is 28.1. The molecule has 0 aliphatic rings. The van der Waals surface area contributed by atoms with Gasteiger partial charge in [-0.1, -0.05) is 12.1 Å². The molecule has 26 heavy (non-hydrogen) atoms. The SMILES string of the molecule is Nc1cccc(-c2ccc(S(=O)(=O)NCc3[nH]nc4ncccc34)s2)c1. The van der Waals surface area contributed by atoms with Gasteiger partial charge in [0.15, 0.2) is 5.65 Å². The summed E-state index contributed by atoms with van der Waals surface area (Å²) in [6.07, 6.45) is 1.64. The van der Waals surface area contributed by atoms with Crippen molar-refractivity contribution in [2.24, 2.45) is 0 Å². The minimum atomic E-state index is -3.63. The molecule has 4 aromatic rings. The van der Waals surface area contributed by atoms with Crippen molar-refractivity contribution in [3.63, 3.8) is 0 Å². The maximum atomic E-state index is 12.6. The van der Waals surface area contributed by atoms with Gasteiger partial charge in [0.25, 0.3) is 0 Å². The normalized spacial score (nSPS) is 11.8. The number of thiophene rings is 1. The molecule has 0 saturated heterocycles. The third-order valence-electron chi connectivity index (χ3n) is 3.86. The van der Waals surface area contributed by atoms with Gasteiger partial charge in [-0.25, -0.2) is 18.1 Å². The van der Waals surface area contributed by atoms with Gasteiger partial charge in [-0.15, -0.1) is 11.3 Å². The fourth-order valence-electron chi connectivity index (χ4n) is 2.59. The van der Waals surface area contributed by atoms with Crippen LogP contribution in [0.3, 0.4) is 0 Å². The molecule has 0 amide bonds. The summed E-state index contributed by atoms with van der Waals surface area (Å²) in [5, 5.41) is 7.68. The average molecular weight is 385 g/mol. The van der Waals surface area contributed by atoms with Crippen LogP contribution in [0.5, 0.6) is 0 Å². The molecule has 0 bridgehead atoms. The van der Waals surface area contributed by atoms with E-state index in [-0.39, 0.29) is 10.8 Å². The van der Waals surface area contributed by atoms with Crippen LogP contribution in [0.25, 0.3) is 21.5 Å². The van der Waals surface area contributed by atoms with E-state index in [0.29, 0.717) is 17.0 Å². The number of anilines is 1. The Balaban J connectivity index is 1.55. The number of nitrogens with two attached hydrogens (primary N) is 1. The van der Waals surface area contributed by atoms with E-state index in [1.807, 2.05) is 24.3 Å². The number of benzene rings is 1. The molecule has 1 aromatic carbocycles. The lowest BCUT2D eigenvalue weighted by Crippen LogP contribution is -2.22. The van der Waals surface area contributed by atoms with E-state index < -0.39 is 10.0 Å². The topological polar surface area (TPSA) is 114 Å². The van der Waals surface area contributed by atoms with Crippen LogP contribution >= 0.6 is 11.3 Å². The highest BCUT2D eigenvalue weighted by atomic mass is 32.2. The second-order valence-corrected chi connectivity index (χ2v) is 8.72. The summed E-state index contributed by atoms with van der Waals surface area (Å²) in [7, 11) is -3.63. The van der Waals surface area contributed by atoms with Gasteiger partial charge in [0.1, 0.15) is 4.21 Å². The molecule has 3 heterocycles. The van der Waals surface area contributed by atoms with Crippen molar-refractivity contribution in [1.82, 2.24) is 19.9 Å². The number of nitrogens with one attached hydrogen (secondary N) is 2. The first-order valence-corrected chi connectivity index (χ1v) is 10.1. The van der Waals surface area contributed by atoms with Crippen molar-refractivity contribution >= 4 is 38.1 Å². The van der Waals surface area contributed by atoms with E-state index in [1.54, 1.807) is 30.5 Å². The number of fused-ring (bicyclic) bond motifs is 1. The number of nitrogens with zero attached hydrogens (tertiary/aromatic N) is 2. The first kappa shape index (κ1) is 16.7. The first-order valence-electron chi connectivity index (χ1n) is 7.76. The Morgan fingerprint density at radius 3 is 2.88 bits per heavy atom. The molecule has 0 aliphatic heterocycles. The lowest BCUT2D eigenvalue weighted by Gasteiger charge is -2.03. The van der Waals surface area contributed by atoms with Crippen molar-refractivity contribution in [2.75, 3.05) is 5.73 Å². The summed E-state index contributed by atoms with van der Waals surface area (Å²) in [6.45, 7) is 0.107. The maximum absolute atomic E-state index is 12.6. The standard InChI is InChI=1S/C17H15N5O2S2/c18-12-4-1-3-11(9-12)15-6-7-16(25-15)26(23,24)20-10-14-13-5-2-8-19-17(13)22-21-14/h1-9,20H,10,18H2,(H,19,21,22). The molecule has 0 spiro atoms. The number of pyridine rings is 1. The zero-order chi connectivity index (χ0) is 18.1. The maximum Gasteiger partial charge on any atom is 0.250 e. The van der Waals surface area contributed by atoms with E-state index >= 15 is 0 Å². The third-order valence-corrected chi connectivity index (χ3v) is 6.89. The molecule has 0 radical (unpaired) electrons. The molecular weight excluding hydrogens is 370 g/mol. The highest BCUT2D eigenvalue weighted by Gasteiger charge is 2.18. The van der Waals surface area contributed by atoms with Gasteiger partial charge in [-0.2, -0.15) is 5.10 Å². The second-order valence-electron chi connectivity index (χ2n) is 5.65. The van der Waals surface area contributed by atoms with E-state index in [0.717, 1.165) is 15.8 Å². The second kappa shape index (κ2) is 6.52. The van der Waals surface area contributed by atoms with Crippen LogP contribution in [0, 0.1) is 0 Å². The first-order chi connectivity index (χ1) is 12.5. The zero-order valence-electron chi connectivity index (χ0n) is 13.5. The van der Waals surface area contributed by atoms with Gasteiger partial charge in [0.05, 0.1) is 12.2 Å². The highest BCUT2D eigenvalue weighted by molar-refractivity contribution is 7.91. The fourth-order valence-corrected chi connectivity index (χ4v) is 4.93. The van der Waals surface area contributed by atoms with Gasteiger partial charge >= 0.3 is 0 Å². The molecule has 4 rings (SSSR count). The lowest BCUT2D eigenvalue weighted by atomic mass is 10.2. The molecule has 0 aliphatic carbocycles. The number of hydrogen-bond donors (Lipinski definition) is 3. The lowest BCUT2D eigenvalue weighted by molar-refractivity contribution is 0.582. The summed E-state index contributed by atoms with van der Waals surface area (Å²) in [5.41, 5.74) is 8.55. The van der Waals surface area contributed by atoms with Crippen LogP contribution in [0.4, 0.5) is 5.69 Å². The molecule has 0 unspecified atom stereocenters. The van der Waals surface area contributed by atoms with Gasteiger partial charge < -0.3 is 5.73 Å². The predicted octanol–water partition coefficient (Wildman–Crippen LogP) is 2.75. The molecule has 0 fully saturated rings. The Labute approximate surface area is 154 Å². The van der Waals surface area contributed by atoms with Gasteiger partial charge in [-0.3, -0.25) is 5.10 Å². The number of aromatic amines is 1. The summed E-state index contributed by atoms with van der Waals surface area (Å²) >= 11 is 1.20. The van der Waals surface area contributed by atoms with Crippen molar-refractivity contribution in [3.8, 4) is 10.4 Å². The minimum Gasteiger partial charge on any atom is -0.399 e. The van der Waals surface area contributed by atoms with E-state index in [9.17, 15) is 8.42 Å². The smallest absolute Gasteiger partial charge is 0.250 e. The summed E-state index contributed by atoms with van der Waals surface area (Å²) in [6, 6.07) is 14.4. The summed E-state index contributed by atoms with van der Waals surface area (Å²) in [5.74, 6) is 0. The van der Waals surface area contributed by atoms with Crippen LogP contribution in [0.15, 0.2) is 58.9 Å². The molecule has 3 aromatic heterocycles. The van der Waals surface area contributed by atoms with Gasteiger partial charge in [0.2, 0.25) is 10.0 Å². The average Bonchev–Trinajstić information content (AvgIpc) is 3.28. The minimum absolute atomic E-state index is 0.107. The number of rotatable bonds is 5. The van der Waals surface area contributed by atoms with Crippen molar-refractivity contribution in [3.05, 3.63) is 60.4 Å². The summed E-state index contributed by atoms with van der Waals surface area (Å²) in [4.78, 5) is 4.96. The Morgan fingerprint density at radius 1 is 1.15 bits per heavy atom. The van der Waals surface area contributed by atoms with Crippen LogP contribution < -0.4 is 10.5 Å². The van der Waals surface area contributed by atoms with Crippen LogP contribution in [0.2, 0.25) is 0 Å².